The summed E-state index contributed by atoms with van der Waals surface area (Å²) >= 11 is 0. The molecule has 1 N–H and O–H groups in total. The Morgan fingerprint density at radius 3 is 2.53 bits per heavy atom. The lowest BCUT2D eigenvalue weighted by molar-refractivity contribution is 0.0697. The minimum atomic E-state index is -0.949. The number of nitrogens with zero attached hydrogens (tertiary/aromatic N) is 3. The fourth-order valence-corrected chi connectivity index (χ4v) is 3.86. The van der Waals surface area contributed by atoms with Crippen molar-refractivity contribution in [2.75, 3.05) is 38.2 Å². The number of piperazine rings is 1. The van der Waals surface area contributed by atoms with Gasteiger partial charge in [0.25, 0.3) is 0 Å². The molecule has 0 radical (unpaired) electrons. The second-order valence-corrected chi connectivity index (χ2v) is 7.69. The van der Waals surface area contributed by atoms with Gasteiger partial charge in [-0.05, 0) is 23.8 Å². The summed E-state index contributed by atoms with van der Waals surface area (Å²) in [5.41, 5.74) is 2.46. The van der Waals surface area contributed by atoms with Crippen molar-refractivity contribution in [1.29, 1.82) is 0 Å². The van der Waals surface area contributed by atoms with Crippen LogP contribution in [0.1, 0.15) is 21.5 Å². The molecule has 166 valence electrons. The standard InChI is InChI=1S/C25H27N3O4/c1-31-23-16-21(32-18-19-6-3-2-4-7-19)10-9-20(23)17-27-12-14-28(15-13-27)24-22(25(29)30)8-5-11-26-24/h2-11,16H,12-15,17-18H2,1H3,(H,29,30). The molecule has 7 nitrogen and oxygen atoms in total. The molecule has 0 atom stereocenters. The highest BCUT2D eigenvalue weighted by molar-refractivity contribution is 5.93. The first kappa shape index (κ1) is 21.6. The summed E-state index contributed by atoms with van der Waals surface area (Å²) in [6.07, 6.45) is 1.64. The van der Waals surface area contributed by atoms with Gasteiger partial charge in [0, 0.05) is 50.6 Å². The Kier molecular flexibility index (Phi) is 6.87. The van der Waals surface area contributed by atoms with Crippen molar-refractivity contribution in [2.45, 2.75) is 13.2 Å². The predicted octanol–water partition coefficient (Wildman–Crippen LogP) is 3.69. The van der Waals surface area contributed by atoms with Gasteiger partial charge in [0.15, 0.2) is 0 Å². The van der Waals surface area contributed by atoms with Crippen LogP contribution in [0, 0.1) is 0 Å². The zero-order valence-electron chi connectivity index (χ0n) is 18.1. The number of carboxylic acids is 1. The van der Waals surface area contributed by atoms with Crippen LogP contribution in [0.4, 0.5) is 5.82 Å². The second kappa shape index (κ2) is 10.2. The molecule has 1 aliphatic rings. The first-order valence-electron chi connectivity index (χ1n) is 10.6. The molecule has 1 aliphatic heterocycles. The lowest BCUT2D eigenvalue weighted by Crippen LogP contribution is -2.46. The molecule has 0 amide bonds. The second-order valence-electron chi connectivity index (χ2n) is 7.69. The van der Waals surface area contributed by atoms with E-state index in [4.69, 9.17) is 9.47 Å². The number of methoxy groups -OCH3 is 1. The number of anilines is 1. The lowest BCUT2D eigenvalue weighted by Gasteiger charge is -2.36. The molecule has 1 aromatic heterocycles. The van der Waals surface area contributed by atoms with Gasteiger partial charge in [-0.1, -0.05) is 36.4 Å². The van der Waals surface area contributed by atoms with Crippen molar-refractivity contribution in [3.05, 3.63) is 83.6 Å². The van der Waals surface area contributed by atoms with Crippen LogP contribution in [0.5, 0.6) is 11.5 Å². The van der Waals surface area contributed by atoms with Crippen LogP contribution in [0.3, 0.4) is 0 Å². The van der Waals surface area contributed by atoms with E-state index >= 15 is 0 Å². The minimum Gasteiger partial charge on any atom is -0.496 e. The number of benzene rings is 2. The number of rotatable bonds is 8. The zero-order valence-corrected chi connectivity index (χ0v) is 18.1. The highest BCUT2D eigenvalue weighted by Crippen LogP contribution is 2.27. The van der Waals surface area contributed by atoms with Gasteiger partial charge in [-0.25, -0.2) is 9.78 Å². The van der Waals surface area contributed by atoms with Crippen molar-refractivity contribution in [3.8, 4) is 11.5 Å². The summed E-state index contributed by atoms with van der Waals surface area (Å²) in [6.45, 7) is 4.33. The summed E-state index contributed by atoms with van der Waals surface area (Å²) in [6, 6.07) is 19.3. The molecule has 0 saturated carbocycles. The summed E-state index contributed by atoms with van der Waals surface area (Å²) in [5.74, 6) is 1.17. The molecular formula is C25H27N3O4. The number of hydrogen-bond acceptors (Lipinski definition) is 6. The Labute approximate surface area is 187 Å². The molecule has 0 bridgehead atoms. The number of hydrogen-bond donors (Lipinski definition) is 1. The fraction of sp³-hybridized carbons (Fsp3) is 0.280. The Balaban J connectivity index is 1.36. The van der Waals surface area contributed by atoms with E-state index in [1.165, 1.54) is 0 Å². The van der Waals surface area contributed by atoms with Gasteiger partial charge in [0.1, 0.15) is 29.5 Å². The number of pyridine rings is 1. The van der Waals surface area contributed by atoms with Crippen LogP contribution in [0.15, 0.2) is 66.9 Å². The van der Waals surface area contributed by atoms with Crippen LogP contribution < -0.4 is 14.4 Å². The topological polar surface area (TPSA) is 75.1 Å². The third kappa shape index (κ3) is 5.18. The normalized spacial score (nSPS) is 14.2. The van der Waals surface area contributed by atoms with Crippen LogP contribution in [-0.4, -0.2) is 54.2 Å². The third-order valence-electron chi connectivity index (χ3n) is 5.59. The van der Waals surface area contributed by atoms with Gasteiger partial charge in [0.05, 0.1) is 7.11 Å². The van der Waals surface area contributed by atoms with Crippen molar-refractivity contribution >= 4 is 11.8 Å². The van der Waals surface area contributed by atoms with E-state index in [9.17, 15) is 9.90 Å². The Bertz CT molecular complexity index is 1050. The quantitative estimate of drug-likeness (QED) is 0.581. The molecule has 7 heteroatoms. The first-order valence-corrected chi connectivity index (χ1v) is 10.6. The smallest absolute Gasteiger partial charge is 0.339 e. The van der Waals surface area contributed by atoms with E-state index < -0.39 is 5.97 Å². The molecule has 0 spiro atoms. The number of aromatic nitrogens is 1. The van der Waals surface area contributed by atoms with E-state index in [-0.39, 0.29) is 5.56 Å². The Morgan fingerprint density at radius 2 is 1.81 bits per heavy atom. The molecular weight excluding hydrogens is 406 g/mol. The Hall–Kier alpha value is -3.58. The van der Waals surface area contributed by atoms with Gasteiger partial charge < -0.3 is 19.5 Å². The number of aromatic carboxylic acids is 1. The maximum atomic E-state index is 11.5. The van der Waals surface area contributed by atoms with Crippen LogP contribution in [0.2, 0.25) is 0 Å². The first-order chi connectivity index (χ1) is 15.6. The summed E-state index contributed by atoms with van der Waals surface area (Å²) < 4.78 is 11.5. The third-order valence-corrected chi connectivity index (χ3v) is 5.59. The molecule has 0 unspecified atom stereocenters. The Morgan fingerprint density at radius 1 is 1.03 bits per heavy atom. The zero-order chi connectivity index (χ0) is 22.3. The maximum absolute atomic E-state index is 11.5. The monoisotopic (exact) mass is 433 g/mol. The lowest BCUT2D eigenvalue weighted by atomic mass is 10.1. The fourth-order valence-electron chi connectivity index (χ4n) is 3.86. The summed E-state index contributed by atoms with van der Waals surface area (Å²) in [7, 11) is 1.67. The van der Waals surface area contributed by atoms with E-state index in [2.05, 4.69) is 9.88 Å². The van der Waals surface area contributed by atoms with Gasteiger partial charge in [-0.3, -0.25) is 4.90 Å². The van der Waals surface area contributed by atoms with E-state index in [1.807, 2.05) is 53.4 Å². The molecule has 2 heterocycles. The van der Waals surface area contributed by atoms with Crippen LogP contribution in [-0.2, 0) is 13.2 Å². The average Bonchev–Trinajstić information content (AvgIpc) is 2.84. The molecule has 32 heavy (non-hydrogen) atoms. The van der Waals surface area contributed by atoms with Crippen molar-refractivity contribution in [2.24, 2.45) is 0 Å². The molecule has 4 rings (SSSR count). The number of ether oxygens (including phenoxy) is 2. The summed E-state index contributed by atoms with van der Waals surface area (Å²) in [5, 5.41) is 9.42. The molecule has 1 saturated heterocycles. The van der Waals surface area contributed by atoms with E-state index in [0.717, 1.165) is 55.3 Å². The van der Waals surface area contributed by atoms with E-state index in [0.29, 0.717) is 12.4 Å². The highest BCUT2D eigenvalue weighted by Gasteiger charge is 2.23. The van der Waals surface area contributed by atoms with Crippen LogP contribution >= 0.6 is 0 Å². The van der Waals surface area contributed by atoms with Crippen LogP contribution in [0.25, 0.3) is 0 Å². The minimum absolute atomic E-state index is 0.244. The van der Waals surface area contributed by atoms with Gasteiger partial charge in [-0.2, -0.15) is 0 Å². The van der Waals surface area contributed by atoms with E-state index in [1.54, 1.807) is 25.4 Å². The van der Waals surface area contributed by atoms with Crippen molar-refractivity contribution < 1.29 is 19.4 Å². The average molecular weight is 434 g/mol. The van der Waals surface area contributed by atoms with Gasteiger partial charge >= 0.3 is 5.97 Å². The predicted molar refractivity (Wildman–Crippen MR) is 122 cm³/mol. The summed E-state index contributed by atoms with van der Waals surface area (Å²) in [4.78, 5) is 20.2. The highest BCUT2D eigenvalue weighted by atomic mass is 16.5. The van der Waals surface area contributed by atoms with Gasteiger partial charge in [0.2, 0.25) is 0 Å². The largest absolute Gasteiger partial charge is 0.496 e. The molecule has 1 fully saturated rings. The molecule has 3 aromatic rings. The maximum Gasteiger partial charge on any atom is 0.339 e. The molecule has 2 aromatic carbocycles. The number of carbonyl (C=O) groups is 1. The van der Waals surface area contributed by atoms with Crippen molar-refractivity contribution in [3.63, 3.8) is 0 Å². The number of carboxylic acid groups (broad SMARTS) is 1. The SMILES string of the molecule is COc1cc(OCc2ccccc2)ccc1CN1CCN(c2ncccc2C(=O)O)CC1. The van der Waals surface area contributed by atoms with Gasteiger partial charge in [-0.15, -0.1) is 0 Å². The van der Waals surface area contributed by atoms with Crippen molar-refractivity contribution in [1.82, 2.24) is 9.88 Å². The molecule has 0 aliphatic carbocycles.